The van der Waals surface area contributed by atoms with Crippen LogP contribution >= 0.6 is 0 Å². The van der Waals surface area contributed by atoms with Gasteiger partial charge in [-0.25, -0.2) is 0 Å². The monoisotopic (exact) mass is 805 g/mol. The van der Waals surface area contributed by atoms with E-state index in [2.05, 4.69) is 122 Å². The van der Waals surface area contributed by atoms with Gasteiger partial charge in [0.25, 0.3) is 0 Å². The molecule has 0 bridgehead atoms. The average Bonchev–Trinajstić information content (AvgIpc) is 3.68. The maximum Gasteiger partial charge on any atom is 0.0187 e. The van der Waals surface area contributed by atoms with Gasteiger partial charge in [0.2, 0.25) is 0 Å². The molecule has 0 fully saturated rings. The first kappa shape index (κ1) is 31.1. The second-order valence-corrected chi connectivity index (χ2v) is 12.9. The van der Waals surface area contributed by atoms with E-state index in [1.807, 2.05) is 48.7 Å². The Hall–Kier alpha value is -5.21. The molecule has 1 unspecified atom stereocenters. The molecule has 2 heterocycles. The fourth-order valence-corrected chi connectivity index (χ4v) is 7.74. The van der Waals surface area contributed by atoms with Gasteiger partial charge in [0, 0.05) is 38.4 Å². The molecule has 8 aromatic rings. The third-order valence-electron chi connectivity index (χ3n) is 9.82. The summed E-state index contributed by atoms with van der Waals surface area (Å²) in [5.74, 6) is 0.642. The Labute approximate surface area is 300 Å². The molecule has 1 atom stereocenters. The van der Waals surface area contributed by atoms with Crippen molar-refractivity contribution in [1.29, 1.82) is 0 Å². The van der Waals surface area contributed by atoms with Gasteiger partial charge in [0.15, 0.2) is 0 Å². The van der Waals surface area contributed by atoms with Crippen molar-refractivity contribution in [3.05, 3.63) is 180 Å². The Balaban J connectivity index is 0.000000228. The van der Waals surface area contributed by atoms with Crippen molar-refractivity contribution in [1.82, 2.24) is 9.97 Å². The molecule has 2 aliphatic carbocycles. The normalized spacial score (nSPS) is 13.3. The largest absolute Gasteiger partial charge is 0.305 e. The molecule has 6 aromatic carbocycles. The minimum absolute atomic E-state index is 0. The standard InChI is InChI=1S/C35H24N.C11H8N.Ir/c1-20(2)30-18-22(35-28-15-14-21-8-3-4-9-23(21)25(28)16-17-36-35)19-31-32(30)29-13-7-12-27-24-10-5-6-11-26(24)34(31)33(27)29;1-2-6-10(7-3-1)11-8-4-5-9-12-11;/h3-17,19-20,34H,1-2H3;1-6,8-9H;/q2*-1;. The zero-order chi connectivity index (χ0) is 32.2. The van der Waals surface area contributed by atoms with Gasteiger partial charge in [-0.3, -0.25) is 0 Å². The van der Waals surface area contributed by atoms with Crippen LogP contribution in [0.1, 0.15) is 47.9 Å². The van der Waals surface area contributed by atoms with Crippen molar-refractivity contribution >= 4 is 21.5 Å². The number of fused-ring (bicyclic) bond motifs is 9. The van der Waals surface area contributed by atoms with E-state index in [0.29, 0.717) is 5.92 Å². The number of hydrogen-bond donors (Lipinski definition) is 0. The maximum absolute atomic E-state index is 4.94. The van der Waals surface area contributed by atoms with E-state index in [-0.39, 0.29) is 26.0 Å². The van der Waals surface area contributed by atoms with E-state index in [1.54, 1.807) is 6.20 Å². The van der Waals surface area contributed by atoms with Crippen molar-refractivity contribution < 1.29 is 20.1 Å². The molecular formula is C46H32IrN2-2. The SMILES string of the molecule is CC(C)c1[c-]c(-c2nccc3c2ccc2ccccc23)cc2c1-c1cccc3c1C2c1ccccc1-3.[Ir].[c-]1ccccc1-c1ccccn1. The number of benzene rings is 6. The number of nitrogens with zero attached hydrogens (tertiary/aromatic N) is 2. The summed E-state index contributed by atoms with van der Waals surface area (Å²) < 4.78 is 0. The molecule has 0 saturated heterocycles. The van der Waals surface area contributed by atoms with E-state index < -0.39 is 0 Å². The zero-order valence-electron chi connectivity index (χ0n) is 27.2. The Bertz CT molecular complexity index is 2450. The van der Waals surface area contributed by atoms with Crippen LogP contribution in [-0.2, 0) is 20.1 Å². The van der Waals surface area contributed by atoms with Gasteiger partial charge < -0.3 is 9.97 Å². The van der Waals surface area contributed by atoms with Gasteiger partial charge in [-0.05, 0) is 73.2 Å². The van der Waals surface area contributed by atoms with E-state index in [0.717, 1.165) is 22.5 Å². The fourth-order valence-electron chi connectivity index (χ4n) is 7.74. The molecule has 0 aliphatic heterocycles. The number of aromatic nitrogens is 2. The van der Waals surface area contributed by atoms with Gasteiger partial charge >= 0.3 is 0 Å². The molecule has 2 nitrogen and oxygen atoms in total. The summed E-state index contributed by atoms with van der Waals surface area (Å²) in [5.41, 5.74) is 15.2. The van der Waals surface area contributed by atoms with Gasteiger partial charge in [-0.2, -0.15) is 0 Å². The summed E-state index contributed by atoms with van der Waals surface area (Å²) in [7, 11) is 0. The summed E-state index contributed by atoms with van der Waals surface area (Å²) in [6, 6.07) is 54.0. The Morgan fingerprint density at radius 2 is 1.39 bits per heavy atom. The van der Waals surface area contributed by atoms with E-state index in [9.17, 15) is 0 Å². The van der Waals surface area contributed by atoms with Crippen molar-refractivity contribution in [2.75, 3.05) is 0 Å². The predicted molar refractivity (Wildman–Crippen MR) is 198 cm³/mol. The molecule has 49 heavy (non-hydrogen) atoms. The molecule has 0 amide bonds. The van der Waals surface area contributed by atoms with Crippen LogP contribution in [0.2, 0.25) is 0 Å². The molecule has 0 spiro atoms. The number of hydrogen-bond acceptors (Lipinski definition) is 2. The van der Waals surface area contributed by atoms with Crippen molar-refractivity contribution in [2.45, 2.75) is 25.7 Å². The van der Waals surface area contributed by atoms with E-state index >= 15 is 0 Å². The first-order valence-electron chi connectivity index (χ1n) is 16.6. The molecule has 3 heteroatoms. The molecule has 2 aromatic heterocycles. The van der Waals surface area contributed by atoms with Crippen LogP contribution in [0.3, 0.4) is 0 Å². The van der Waals surface area contributed by atoms with Crippen molar-refractivity contribution in [2.24, 2.45) is 0 Å². The summed E-state index contributed by atoms with van der Waals surface area (Å²) in [6.45, 7) is 4.58. The first-order valence-corrected chi connectivity index (χ1v) is 16.6. The molecule has 10 rings (SSSR count). The van der Waals surface area contributed by atoms with E-state index in [4.69, 9.17) is 4.98 Å². The Kier molecular flexibility index (Phi) is 8.04. The second-order valence-electron chi connectivity index (χ2n) is 12.9. The van der Waals surface area contributed by atoms with Crippen LogP contribution < -0.4 is 0 Å². The number of rotatable bonds is 3. The van der Waals surface area contributed by atoms with Crippen LogP contribution in [0.15, 0.2) is 146 Å². The molecule has 237 valence electrons. The number of pyridine rings is 2. The van der Waals surface area contributed by atoms with Crippen LogP contribution in [0, 0.1) is 12.1 Å². The fraction of sp³-hybridized carbons (Fsp3) is 0.0870. The maximum atomic E-state index is 4.94. The van der Waals surface area contributed by atoms with E-state index in [1.165, 1.54) is 66.1 Å². The van der Waals surface area contributed by atoms with Gasteiger partial charge in [0.05, 0.1) is 0 Å². The van der Waals surface area contributed by atoms with Gasteiger partial charge in [-0.15, -0.1) is 64.7 Å². The van der Waals surface area contributed by atoms with Crippen molar-refractivity contribution in [3.63, 3.8) is 0 Å². The van der Waals surface area contributed by atoms with Crippen LogP contribution in [-0.4, -0.2) is 9.97 Å². The van der Waals surface area contributed by atoms with Crippen LogP contribution in [0.5, 0.6) is 0 Å². The second kappa shape index (κ2) is 12.7. The minimum Gasteiger partial charge on any atom is -0.305 e. The smallest absolute Gasteiger partial charge is 0.0187 e. The molecule has 2 aliphatic rings. The molecule has 0 N–H and O–H groups in total. The quantitative estimate of drug-likeness (QED) is 0.131. The first-order chi connectivity index (χ1) is 23.7. The predicted octanol–water partition coefficient (Wildman–Crippen LogP) is 11.7. The summed E-state index contributed by atoms with van der Waals surface area (Å²) in [5, 5.41) is 4.96. The van der Waals surface area contributed by atoms with Gasteiger partial charge in [-0.1, -0.05) is 116 Å². The third kappa shape index (κ3) is 5.13. The Morgan fingerprint density at radius 1 is 0.592 bits per heavy atom. The topological polar surface area (TPSA) is 25.8 Å². The minimum atomic E-state index is 0. The van der Waals surface area contributed by atoms with Crippen LogP contribution in [0.25, 0.3) is 66.3 Å². The third-order valence-corrected chi connectivity index (χ3v) is 9.82. The Morgan fingerprint density at radius 3 is 2.22 bits per heavy atom. The average molecular weight is 805 g/mol. The summed E-state index contributed by atoms with van der Waals surface area (Å²) in [6.07, 6.45) is 3.74. The summed E-state index contributed by atoms with van der Waals surface area (Å²) in [4.78, 5) is 9.15. The molecular weight excluding hydrogens is 773 g/mol. The summed E-state index contributed by atoms with van der Waals surface area (Å²) >= 11 is 0. The van der Waals surface area contributed by atoms with Crippen molar-refractivity contribution in [3.8, 4) is 44.8 Å². The van der Waals surface area contributed by atoms with Crippen LogP contribution in [0.4, 0.5) is 0 Å². The zero-order valence-corrected chi connectivity index (χ0v) is 29.6. The van der Waals surface area contributed by atoms with Gasteiger partial charge in [0.1, 0.15) is 0 Å². The molecule has 0 saturated carbocycles. The molecule has 1 radical (unpaired) electrons.